The smallest absolute Gasteiger partial charge is 0.335 e. The summed E-state index contributed by atoms with van der Waals surface area (Å²) in [5.41, 5.74) is -0.332. The first kappa shape index (κ1) is 14.6. The minimum atomic E-state index is -1.12. The topological polar surface area (TPSA) is 130 Å². The zero-order valence-corrected chi connectivity index (χ0v) is 10.3. The Morgan fingerprint density at radius 3 is 2.35 bits per heavy atom. The number of rotatable bonds is 4. The lowest BCUT2D eigenvalue weighted by Crippen LogP contribution is -2.04. The Bertz CT molecular complexity index is 686. The van der Waals surface area contributed by atoms with E-state index < -0.39 is 5.97 Å². The standard InChI is InChI=1S/C13H8N4O3/c1-20-12-4-8(13(18)19)2-3-10(12)17-11(7-16)9(5-14)6-15/h2-4,17H,1H3,(H,18,19). The number of methoxy groups -OCH3 is 1. The van der Waals surface area contributed by atoms with E-state index in [0.717, 1.165) is 0 Å². The fraction of sp³-hybridized carbons (Fsp3) is 0.0769. The lowest BCUT2D eigenvalue weighted by molar-refractivity contribution is 0.0696. The normalized spacial score (nSPS) is 8.50. The molecule has 7 nitrogen and oxygen atoms in total. The van der Waals surface area contributed by atoms with Gasteiger partial charge >= 0.3 is 5.97 Å². The van der Waals surface area contributed by atoms with Crippen LogP contribution in [0.1, 0.15) is 10.4 Å². The summed E-state index contributed by atoms with van der Waals surface area (Å²) in [5, 5.41) is 37.8. The molecule has 0 fully saturated rings. The Hall–Kier alpha value is -3.50. The van der Waals surface area contributed by atoms with Crippen molar-refractivity contribution in [3.05, 3.63) is 35.0 Å². The van der Waals surface area contributed by atoms with Crippen molar-refractivity contribution in [1.29, 1.82) is 15.8 Å². The number of allylic oxidation sites excluding steroid dienone is 2. The lowest BCUT2D eigenvalue weighted by atomic mass is 10.1. The molecule has 1 aromatic rings. The molecule has 0 aromatic heterocycles. The van der Waals surface area contributed by atoms with E-state index in [1.54, 1.807) is 18.2 Å². The molecule has 0 saturated carbocycles. The predicted octanol–water partition coefficient (Wildman–Crippen LogP) is 1.63. The Morgan fingerprint density at radius 1 is 1.25 bits per heavy atom. The SMILES string of the molecule is COc1cc(C(=O)O)ccc1NC(C#N)=C(C#N)C#N. The van der Waals surface area contributed by atoms with Gasteiger partial charge in [-0.25, -0.2) is 4.79 Å². The summed E-state index contributed by atoms with van der Waals surface area (Å²) in [5.74, 6) is -0.950. The fourth-order valence-corrected chi connectivity index (χ4v) is 1.35. The van der Waals surface area contributed by atoms with Crippen LogP contribution in [-0.2, 0) is 0 Å². The fourth-order valence-electron chi connectivity index (χ4n) is 1.35. The monoisotopic (exact) mass is 268 g/mol. The molecule has 0 unspecified atom stereocenters. The maximum atomic E-state index is 10.8. The van der Waals surface area contributed by atoms with Crippen LogP contribution >= 0.6 is 0 Å². The molecule has 0 saturated heterocycles. The van der Waals surface area contributed by atoms with Gasteiger partial charge in [0.1, 0.15) is 29.7 Å². The minimum Gasteiger partial charge on any atom is -0.495 e. The van der Waals surface area contributed by atoms with Gasteiger partial charge in [-0.05, 0) is 18.2 Å². The summed E-state index contributed by atoms with van der Waals surface area (Å²) in [7, 11) is 1.33. The second kappa shape index (κ2) is 6.44. The minimum absolute atomic E-state index is 0.00989. The molecular weight excluding hydrogens is 260 g/mol. The first-order valence-electron chi connectivity index (χ1n) is 5.20. The van der Waals surface area contributed by atoms with Crippen LogP contribution in [0.4, 0.5) is 5.69 Å². The van der Waals surface area contributed by atoms with Crippen LogP contribution < -0.4 is 10.1 Å². The number of anilines is 1. The van der Waals surface area contributed by atoms with Crippen LogP contribution in [0.2, 0.25) is 0 Å². The van der Waals surface area contributed by atoms with Gasteiger partial charge in [-0.15, -0.1) is 0 Å². The predicted molar refractivity (Wildman–Crippen MR) is 67.4 cm³/mol. The van der Waals surface area contributed by atoms with Gasteiger partial charge in [0.15, 0.2) is 5.57 Å². The summed E-state index contributed by atoms with van der Waals surface area (Å²) in [6, 6.07) is 8.82. The zero-order chi connectivity index (χ0) is 15.1. The molecule has 1 aromatic carbocycles. The Labute approximate surface area is 114 Å². The number of carboxylic acids is 1. The Balaban J connectivity index is 3.27. The van der Waals surface area contributed by atoms with Crippen molar-refractivity contribution in [2.75, 3.05) is 12.4 Å². The van der Waals surface area contributed by atoms with E-state index in [-0.39, 0.29) is 28.3 Å². The quantitative estimate of drug-likeness (QED) is 0.793. The van der Waals surface area contributed by atoms with Gasteiger partial charge in [0.05, 0.1) is 18.4 Å². The van der Waals surface area contributed by atoms with Crippen LogP contribution in [0.15, 0.2) is 29.5 Å². The average Bonchev–Trinajstić information content (AvgIpc) is 2.47. The Kier molecular flexibility index (Phi) is 4.69. The molecule has 0 bridgehead atoms. The largest absolute Gasteiger partial charge is 0.495 e. The molecule has 0 atom stereocenters. The van der Waals surface area contributed by atoms with Gasteiger partial charge in [0.2, 0.25) is 0 Å². The lowest BCUT2D eigenvalue weighted by Gasteiger charge is -2.10. The second-order valence-electron chi connectivity index (χ2n) is 3.43. The van der Waals surface area contributed by atoms with Crippen molar-refractivity contribution in [2.24, 2.45) is 0 Å². The van der Waals surface area contributed by atoms with Crippen LogP contribution in [0.3, 0.4) is 0 Å². The molecule has 0 aliphatic heterocycles. The number of carboxylic acid groups (broad SMARTS) is 1. The molecule has 0 spiro atoms. The van der Waals surface area contributed by atoms with E-state index in [0.29, 0.717) is 0 Å². The molecule has 1 rings (SSSR count). The Morgan fingerprint density at radius 2 is 1.90 bits per heavy atom. The number of nitrogens with one attached hydrogen (secondary N) is 1. The highest BCUT2D eigenvalue weighted by molar-refractivity contribution is 5.89. The van der Waals surface area contributed by atoms with Crippen molar-refractivity contribution < 1.29 is 14.6 Å². The summed E-state index contributed by atoms with van der Waals surface area (Å²) in [6.45, 7) is 0. The van der Waals surface area contributed by atoms with E-state index in [1.807, 2.05) is 0 Å². The van der Waals surface area contributed by atoms with Crippen LogP contribution in [0.25, 0.3) is 0 Å². The molecule has 98 valence electrons. The number of nitrogens with zero attached hydrogens (tertiary/aromatic N) is 3. The number of ether oxygens (including phenoxy) is 1. The third-order valence-electron chi connectivity index (χ3n) is 2.29. The van der Waals surface area contributed by atoms with Gasteiger partial charge < -0.3 is 15.2 Å². The summed E-state index contributed by atoms with van der Waals surface area (Å²) >= 11 is 0. The molecule has 7 heteroatoms. The van der Waals surface area contributed by atoms with Crippen molar-refractivity contribution in [3.63, 3.8) is 0 Å². The van der Waals surface area contributed by atoms with Gasteiger partial charge in [0, 0.05) is 0 Å². The molecule has 0 heterocycles. The van der Waals surface area contributed by atoms with E-state index in [9.17, 15) is 4.79 Å². The van der Waals surface area contributed by atoms with Crippen molar-refractivity contribution in [1.82, 2.24) is 0 Å². The van der Waals surface area contributed by atoms with Crippen molar-refractivity contribution in [3.8, 4) is 24.0 Å². The molecule has 2 N–H and O–H groups in total. The molecule has 0 aliphatic rings. The maximum absolute atomic E-state index is 10.8. The van der Waals surface area contributed by atoms with Crippen LogP contribution in [0.5, 0.6) is 5.75 Å². The van der Waals surface area contributed by atoms with Gasteiger partial charge in [-0.1, -0.05) is 0 Å². The number of benzene rings is 1. The number of aromatic carboxylic acids is 1. The highest BCUT2D eigenvalue weighted by Gasteiger charge is 2.12. The summed E-state index contributed by atoms with van der Waals surface area (Å²) < 4.78 is 5.00. The summed E-state index contributed by atoms with van der Waals surface area (Å²) in [4.78, 5) is 10.8. The first-order valence-corrected chi connectivity index (χ1v) is 5.20. The highest BCUT2D eigenvalue weighted by atomic mass is 16.5. The number of hydrogen-bond donors (Lipinski definition) is 2. The number of nitriles is 3. The average molecular weight is 268 g/mol. The van der Waals surface area contributed by atoms with Crippen molar-refractivity contribution >= 4 is 11.7 Å². The maximum Gasteiger partial charge on any atom is 0.335 e. The van der Waals surface area contributed by atoms with E-state index in [1.165, 1.54) is 25.3 Å². The first-order chi connectivity index (χ1) is 9.57. The molecule has 0 radical (unpaired) electrons. The zero-order valence-electron chi connectivity index (χ0n) is 10.3. The van der Waals surface area contributed by atoms with Crippen LogP contribution in [0, 0.1) is 34.0 Å². The molecular formula is C13H8N4O3. The molecule has 0 amide bonds. The van der Waals surface area contributed by atoms with Crippen LogP contribution in [-0.4, -0.2) is 18.2 Å². The van der Waals surface area contributed by atoms with Gasteiger partial charge in [-0.3, -0.25) is 0 Å². The second-order valence-corrected chi connectivity index (χ2v) is 3.43. The van der Waals surface area contributed by atoms with E-state index >= 15 is 0 Å². The van der Waals surface area contributed by atoms with Crippen molar-refractivity contribution in [2.45, 2.75) is 0 Å². The summed E-state index contributed by atoms with van der Waals surface area (Å²) in [6.07, 6.45) is 0. The third kappa shape index (κ3) is 3.04. The van der Waals surface area contributed by atoms with Gasteiger partial charge in [0.25, 0.3) is 0 Å². The highest BCUT2D eigenvalue weighted by Crippen LogP contribution is 2.27. The van der Waals surface area contributed by atoms with E-state index in [4.69, 9.17) is 25.6 Å². The van der Waals surface area contributed by atoms with Gasteiger partial charge in [-0.2, -0.15) is 15.8 Å². The third-order valence-corrected chi connectivity index (χ3v) is 2.29. The number of carbonyl (C=O) groups is 1. The van der Waals surface area contributed by atoms with E-state index in [2.05, 4.69) is 5.32 Å². The molecule has 20 heavy (non-hydrogen) atoms. The molecule has 0 aliphatic carbocycles. The number of hydrogen-bond acceptors (Lipinski definition) is 6.